The maximum absolute atomic E-state index is 10.2. The first kappa shape index (κ1) is 9.84. The summed E-state index contributed by atoms with van der Waals surface area (Å²) < 4.78 is 5.34. The molecule has 1 N–H and O–H groups in total. The van der Waals surface area contributed by atoms with E-state index in [2.05, 4.69) is 6.08 Å². The maximum atomic E-state index is 10.2. The molecule has 0 radical (unpaired) electrons. The molecule has 0 aromatic rings. The van der Waals surface area contributed by atoms with Gasteiger partial charge in [-0.1, -0.05) is 6.08 Å². The number of hydrogen-bond donors (Lipinski definition) is 1. The Morgan fingerprint density at radius 2 is 2.38 bits per heavy atom. The lowest BCUT2D eigenvalue weighted by molar-refractivity contribution is -0.137. The fraction of sp³-hybridized carbons (Fsp3) is 0.500. The van der Waals surface area contributed by atoms with Crippen LogP contribution in [0.2, 0.25) is 0 Å². The minimum Gasteiger partial charge on any atom is -0.494 e. The number of ether oxygens (including phenoxy) is 1. The average Bonchev–Trinajstić information content (AvgIpc) is 2.14. The molecule has 0 amide bonds. The summed E-state index contributed by atoms with van der Waals surface area (Å²) in [5.74, 6) is 0.105. The SMILES string of the molecule is O=C(O)CCCOC1=CCCC=C1. The number of rotatable bonds is 5. The van der Waals surface area contributed by atoms with E-state index < -0.39 is 5.97 Å². The third-order valence-electron chi connectivity index (χ3n) is 1.76. The lowest BCUT2D eigenvalue weighted by Gasteiger charge is -2.08. The number of carboxylic acids is 1. The van der Waals surface area contributed by atoms with Crippen LogP contribution in [0.15, 0.2) is 24.0 Å². The summed E-state index contributed by atoms with van der Waals surface area (Å²) in [5, 5.41) is 8.37. The van der Waals surface area contributed by atoms with Crippen molar-refractivity contribution in [1.29, 1.82) is 0 Å². The Balaban J connectivity index is 2.08. The zero-order chi connectivity index (χ0) is 9.52. The molecule has 0 aliphatic heterocycles. The molecule has 1 aliphatic rings. The first-order chi connectivity index (χ1) is 6.29. The van der Waals surface area contributed by atoms with E-state index in [0.717, 1.165) is 18.6 Å². The van der Waals surface area contributed by atoms with Gasteiger partial charge in [0.2, 0.25) is 0 Å². The van der Waals surface area contributed by atoms with Crippen molar-refractivity contribution in [2.24, 2.45) is 0 Å². The Hall–Kier alpha value is -1.25. The van der Waals surface area contributed by atoms with Crippen molar-refractivity contribution in [2.45, 2.75) is 25.7 Å². The lowest BCUT2D eigenvalue weighted by atomic mass is 10.2. The van der Waals surface area contributed by atoms with Crippen LogP contribution in [0.5, 0.6) is 0 Å². The van der Waals surface area contributed by atoms with Crippen molar-refractivity contribution in [3.63, 3.8) is 0 Å². The van der Waals surface area contributed by atoms with E-state index in [4.69, 9.17) is 9.84 Å². The standard InChI is InChI=1S/C10H14O3/c11-10(12)7-4-8-13-9-5-2-1-3-6-9/h2,5-6H,1,3-4,7-8H2,(H,11,12). The van der Waals surface area contributed by atoms with Gasteiger partial charge < -0.3 is 9.84 Å². The topological polar surface area (TPSA) is 46.5 Å². The van der Waals surface area contributed by atoms with E-state index in [1.54, 1.807) is 0 Å². The number of carbonyl (C=O) groups is 1. The van der Waals surface area contributed by atoms with E-state index in [1.165, 1.54) is 0 Å². The summed E-state index contributed by atoms with van der Waals surface area (Å²) in [6.45, 7) is 0.489. The first-order valence-electron chi connectivity index (χ1n) is 4.50. The van der Waals surface area contributed by atoms with E-state index in [0.29, 0.717) is 13.0 Å². The Bertz CT molecular complexity index is 228. The van der Waals surface area contributed by atoms with E-state index >= 15 is 0 Å². The monoisotopic (exact) mass is 182 g/mol. The molecule has 72 valence electrons. The minimum atomic E-state index is -0.767. The Morgan fingerprint density at radius 3 is 3.00 bits per heavy atom. The summed E-state index contributed by atoms with van der Waals surface area (Å²) in [6, 6.07) is 0. The maximum Gasteiger partial charge on any atom is 0.303 e. The predicted molar refractivity (Wildman–Crippen MR) is 49.3 cm³/mol. The number of carboxylic acid groups (broad SMARTS) is 1. The van der Waals surface area contributed by atoms with Gasteiger partial charge in [-0.2, -0.15) is 0 Å². The normalized spacial score (nSPS) is 15.2. The van der Waals surface area contributed by atoms with Crippen LogP contribution in [0.4, 0.5) is 0 Å². The molecular weight excluding hydrogens is 168 g/mol. The molecule has 0 spiro atoms. The van der Waals surface area contributed by atoms with Gasteiger partial charge in [-0.25, -0.2) is 0 Å². The van der Waals surface area contributed by atoms with E-state index in [-0.39, 0.29) is 6.42 Å². The first-order valence-corrected chi connectivity index (χ1v) is 4.50. The smallest absolute Gasteiger partial charge is 0.303 e. The van der Waals surface area contributed by atoms with Crippen LogP contribution in [-0.4, -0.2) is 17.7 Å². The van der Waals surface area contributed by atoms with Crippen LogP contribution in [-0.2, 0) is 9.53 Å². The van der Waals surface area contributed by atoms with Gasteiger partial charge in [0, 0.05) is 6.42 Å². The second kappa shape index (κ2) is 5.41. The highest BCUT2D eigenvalue weighted by Crippen LogP contribution is 2.10. The van der Waals surface area contributed by atoms with Crippen LogP contribution in [0, 0.1) is 0 Å². The van der Waals surface area contributed by atoms with Crippen molar-refractivity contribution in [2.75, 3.05) is 6.61 Å². The van der Waals surface area contributed by atoms with Crippen molar-refractivity contribution < 1.29 is 14.6 Å². The molecule has 3 nitrogen and oxygen atoms in total. The molecule has 1 aliphatic carbocycles. The molecule has 0 bridgehead atoms. The largest absolute Gasteiger partial charge is 0.494 e. The van der Waals surface area contributed by atoms with Gasteiger partial charge in [-0.05, 0) is 31.4 Å². The fourth-order valence-electron chi connectivity index (χ4n) is 1.11. The molecule has 0 heterocycles. The highest BCUT2D eigenvalue weighted by Gasteiger charge is 1.99. The van der Waals surface area contributed by atoms with Crippen LogP contribution in [0.1, 0.15) is 25.7 Å². The molecule has 0 atom stereocenters. The van der Waals surface area contributed by atoms with Crippen molar-refractivity contribution in [1.82, 2.24) is 0 Å². The number of allylic oxidation sites excluding steroid dienone is 3. The molecule has 0 aromatic heterocycles. The number of aliphatic carboxylic acids is 1. The van der Waals surface area contributed by atoms with Gasteiger partial charge in [0.1, 0.15) is 5.76 Å². The molecule has 0 aromatic carbocycles. The van der Waals surface area contributed by atoms with Crippen molar-refractivity contribution in [3.8, 4) is 0 Å². The zero-order valence-corrected chi connectivity index (χ0v) is 7.53. The fourth-order valence-corrected chi connectivity index (χ4v) is 1.11. The van der Waals surface area contributed by atoms with Gasteiger partial charge in [0.05, 0.1) is 6.61 Å². The Labute approximate surface area is 77.7 Å². The van der Waals surface area contributed by atoms with E-state index in [9.17, 15) is 4.79 Å². The van der Waals surface area contributed by atoms with Crippen LogP contribution < -0.4 is 0 Å². The molecule has 0 fully saturated rings. The summed E-state index contributed by atoms with van der Waals surface area (Å²) >= 11 is 0. The van der Waals surface area contributed by atoms with Gasteiger partial charge in [-0.15, -0.1) is 0 Å². The van der Waals surface area contributed by atoms with Crippen molar-refractivity contribution in [3.05, 3.63) is 24.0 Å². The third-order valence-corrected chi connectivity index (χ3v) is 1.76. The highest BCUT2D eigenvalue weighted by molar-refractivity contribution is 5.66. The van der Waals surface area contributed by atoms with Crippen LogP contribution >= 0.6 is 0 Å². The second-order valence-electron chi connectivity index (χ2n) is 2.93. The van der Waals surface area contributed by atoms with Crippen molar-refractivity contribution >= 4 is 5.97 Å². The summed E-state index contributed by atoms with van der Waals surface area (Å²) in [4.78, 5) is 10.2. The molecule has 0 unspecified atom stereocenters. The molecule has 13 heavy (non-hydrogen) atoms. The Kier molecular flexibility index (Phi) is 4.09. The summed E-state index contributed by atoms with van der Waals surface area (Å²) in [7, 11) is 0. The summed E-state index contributed by atoms with van der Waals surface area (Å²) in [5.41, 5.74) is 0. The molecule has 1 rings (SSSR count). The molecule has 0 saturated heterocycles. The highest BCUT2D eigenvalue weighted by atomic mass is 16.5. The van der Waals surface area contributed by atoms with Gasteiger partial charge in [0.25, 0.3) is 0 Å². The molecular formula is C10H14O3. The minimum absolute atomic E-state index is 0.178. The zero-order valence-electron chi connectivity index (χ0n) is 7.53. The van der Waals surface area contributed by atoms with Gasteiger partial charge >= 0.3 is 5.97 Å². The van der Waals surface area contributed by atoms with Crippen LogP contribution in [0.25, 0.3) is 0 Å². The van der Waals surface area contributed by atoms with E-state index in [1.807, 2.05) is 12.2 Å². The Morgan fingerprint density at radius 1 is 1.54 bits per heavy atom. The van der Waals surface area contributed by atoms with Crippen LogP contribution in [0.3, 0.4) is 0 Å². The van der Waals surface area contributed by atoms with Gasteiger partial charge in [0.15, 0.2) is 0 Å². The van der Waals surface area contributed by atoms with Gasteiger partial charge in [-0.3, -0.25) is 4.79 Å². The average molecular weight is 182 g/mol. The number of hydrogen-bond acceptors (Lipinski definition) is 2. The molecule has 3 heteroatoms. The molecule has 0 saturated carbocycles. The summed E-state index contributed by atoms with van der Waals surface area (Å²) in [6.07, 6.45) is 8.86. The predicted octanol–water partition coefficient (Wildman–Crippen LogP) is 2.10. The lowest BCUT2D eigenvalue weighted by Crippen LogP contribution is -2.00. The quantitative estimate of drug-likeness (QED) is 0.662. The second-order valence-corrected chi connectivity index (χ2v) is 2.93. The third kappa shape index (κ3) is 4.35.